The van der Waals surface area contributed by atoms with Gasteiger partial charge in [0.05, 0.1) is 63.2 Å². The Morgan fingerprint density at radius 1 is 0.721 bits per heavy atom. The molecule has 5 aromatic carbocycles. The fourth-order valence-electron chi connectivity index (χ4n) is 4.91. The number of rotatable bonds is 13. The molecule has 0 saturated heterocycles. The number of hydrogen-bond donors (Lipinski definition) is 1. The van der Waals surface area contributed by atoms with E-state index in [1.165, 1.54) is 19.1 Å². The summed E-state index contributed by atoms with van der Waals surface area (Å²) in [5, 5.41) is 24.2. The largest absolute Gasteiger partial charge is 1.00 e. The Morgan fingerprint density at radius 2 is 1.07 bits per heavy atom. The van der Waals surface area contributed by atoms with Gasteiger partial charge in [0.2, 0.25) is 16.8 Å². The summed E-state index contributed by atoms with van der Waals surface area (Å²) in [4.78, 5) is 35.1. The van der Waals surface area contributed by atoms with Gasteiger partial charge in [-0.3, -0.25) is 18.6 Å². The molecule has 0 bridgehead atoms. The summed E-state index contributed by atoms with van der Waals surface area (Å²) >= 11 is 0. The van der Waals surface area contributed by atoms with Crippen LogP contribution in [0.1, 0.15) is 56.2 Å². The average Bonchev–Trinajstić information content (AvgIpc) is 3.27. The van der Waals surface area contributed by atoms with Crippen molar-refractivity contribution in [3.8, 4) is 17.6 Å². The van der Waals surface area contributed by atoms with Gasteiger partial charge in [-0.2, -0.15) is 22.1 Å². The molecule has 1 radical (unpaired) electrons. The van der Waals surface area contributed by atoms with Crippen molar-refractivity contribution < 1.29 is 128 Å². The summed E-state index contributed by atoms with van der Waals surface area (Å²) in [5.41, 5.74) is 2.76. The SMILES string of the molecule is CC#N.CCOC(=O)C(C)c1ccc2cc(OC)ccc2c1.COS(=O)(=O)c1ccc(C)cc1.COc1ccc2cc(C(C)C(=O)OCOS(C)(=O)=O)ccc2c1.CS(N)(=O)=O.O=CO[O-].[K+].[K]. The Balaban J connectivity index is -0.000000843. The minimum atomic E-state index is -3.63. The number of esters is 2. The minimum Gasteiger partial charge on any atom is -0.662 e. The second-order valence-corrected chi connectivity index (χ2v) is 18.2. The van der Waals surface area contributed by atoms with Gasteiger partial charge in [-0.05, 0) is 96.8 Å². The molecule has 0 aliphatic heterocycles. The number of aryl methyl sites for hydroxylation is 1. The van der Waals surface area contributed by atoms with Crippen LogP contribution < -0.4 is 71.3 Å². The van der Waals surface area contributed by atoms with Crippen LogP contribution in [-0.2, 0) is 67.4 Å². The standard InChI is InChI=1S/C16H18O6S.C16H18O3.C8H10O3S.C2H3N.CH5NO2S.CH2O3.2K/c1-11(16(17)21-10-22-23(3,18)19)12-4-5-14-9-15(20-2)7-6-13(14)8-12;1-4-19-16(17)11(2)12-5-6-14-10-15(18-3)8-7-13(14)9-12;1-7-3-5-8(6-4-7)12(9,10)11-2;1-2-3;1-5(2,3)4;2-1-4-3;;/h4-9,11H,10H2,1-3H3;5-11H,4H2,1-3H3;3-6H,1-2H3;1H3;1H3,(H2,2,3,4);1,3H;;/q;;;;;;;+1/p-1. The monoisotopic (exact) mass is 1060 g/mol. The van der Waals surface area contributed by atoms with Crippen LogP contribution in [0.5, 0.6) is 11.5 Å². The number of benzene rings is 5. The predicted molar refractivity (Wildman–Crippen MR) is 250 cm³/mol. The van der Waals surface area contributed by atoms with Crippen molar-refractivity contribution in [2.45, 2.75) is 51.3 Å². The molecule has 2 atom stereocenters. The van der Waals surface area contributed by atoms with Crippen LogP contribution in [-0.4, -0.2) is 142 Å². The molecule has 2 N–H and O–H groups in total. The fourth-order valence-corrected chi connectivity index (χ4v) is 5.80. The van der Waals surface area contributed by atoms with Gasteiger partial charge in [0.1, 0.15) is 11.5 Å². The molecule has 2 unspecified atom stereocenters. The Hall–Kier alpha value is -2.92. The van der Waals surface area contributed by atoms with E-state index in [9.17, 15) is 34.8 Å². The minimum absolute atomic E-state index is 0. The topological polar surface area (TPSA) is 291 Å². The number of carbonyl (C=O) groups excluding carboxylic acids is 3. The first kappa shape index (κ1) is 69.3. The summed E-state index contributed by atoms with van der Waals surface area (Å²) in [7, 11) is -5.91. The Kier molecular flexibility index (Phi) is 36.8. The number of primary sulfonamides is 1. The van der Waals surface area contributed by atoms with Crippen molar-refractivity contribution in [1.82, 2.24) is 0 Å². The normalized spacial score (nSPS) is 11.0. The zero-order valence-corrected chi connectivity index (χ0v) is 48.8. The van der Waals surface area contributed by atoms with E-state index >= 15 is 0 Å². The number of methoxy groups -OCH3 is 2. The molecule has 5 rings (SSSR count). The van der Waals surface area contributed by atoms with Gasteiger partial charge in [0.15, 0.2) is 0 Å². The number of fused-ring (bicyclic) bond motifs is 2. The zero-order chi connectivity index (χ0) is 50.7. The summed E-state index contributed by atoms with van der Waals surface area (Å²) in [6.07, 6.45) is 1.83. The van der Waals surface area contributed by atoms with E-state index in [1.807, 2.05) is 93.6 Å². The van der Waals surface area contributed by atoms with Crippen molar-refractivity contribution in [2.75, 3.05) is 47.2 Å². The smallest absolute Gasteiger partial charge is 0.662 e. The molecule has 0 amide bonds. The van der Waals surface area contributed by atoms with E-state index in [0.717, 1.165) is 69.4 Å². The second kappa shape index (κ2) is 36.1. The Morgan fingerprint density at radius 3 is 1.40 bits per heavy atom. The zero-order valence-electron chi connectivity index (χ0n) is 40.1. The molecule has 0 saturated carbocycles. The van der Waals surface area contributed by atoms with E-state index in [0.29, 0.717) is 6.61 Å². The second-order valence-electron chi connectivity index (χ2n) is 13.2. The van der Waals surface area contributed by atoms with Gasteiger partial charge in [0, 0.05) is 58.3 Å². The number of ether oxygens (including phenoxy) is 4. The van der Waals surface area contributed by atoms with E-state index in [4.69, 9.17) is 34.3 Å². The first-order valence-electron chi connectivity index (χ1n) is 19.1. The molecule has 0 aliphatic carbocycles. The van der Waals surface area contributed by atoms with Gasteiger partial charge in [0.25, 0.3) is 26.7 Å². The maximum absolute atomic E-state index is 11.9. The third-order valence-electron chi connectivity index (χ3n) is 8.17. The van der Waals surface area contributed by atoms with Crippen LogP contribution in [0.3, 0.4) is 0 Å². The van der Waals surface area contributed by atoms with Crippen LogP contribution in [0, 0.1) is 18.3 Å². The summed E-state index contributed by atoms with van der Waals surface area (Å²) in [6.45, 7) is 8.30. The summed E-state index contributed by atoms with van der Waals surface area (Å²) in [6, 6.07) is 31.4. The molecule has 68 heavy (non-hydrogen) atoms. The van der Waals surface area contributed by atoms with Crippen LogP contribution >= 0.6 is 0 Å². The number of nitriles is 1. The molecule has 363 valence electrons. The van der Waals surface area contributed by atoms with Crippen LogP contribution in [0.25, 0.3) is 21.5 Å². The first-order valence-corrected chi connectivity index (χ1v) is 24.2. The molecule has 19 nitrogen and oxygen atoms in total. The number of nitrogens with zero attached hydrogens (tertiary/aromatic N) is 1. The van der Waals surface area contributed by atoms with E-state index < -0.39 is 48.9 Å². The molecule has 0 fully saturated rings. The van der Waals surface area contributed by atoms with Gasteiger partial charge in [-0.1, -0.05) is 66.2 Å². The average molecular weight is 1060 g/mol. The van der Waals surface area contributed by atoms with Gasteiger partial charge < -0.3 is 29.1 Å². The molecule has 0 aliphatic rings. The van der Waals surface area contributed by atoms with E-state index in [1.54, 1.807) is 39.3 Å². The molecule has 5 aromatic rings. The quantitative estimate of drug-likeness (QED) is 0.0334. The molecule has 0 heterocycles. The van der Waals surface area contributed by atoms with Crippen molar-refractivity contribution in [3.63, 3.8) is 0 Å². The maximum atomic E-state index is 11.9. The Bertz CT molecular complexity index is 2690. The third kappa shape index (κ3) is 29.3. The first-order chi connectivity index (χ1) is 30.8. The maximum Gasteiger partial charge on any atom is 1.00 e. The summed E-state index contributed by atoms with van der Waals surface area (Å²) < 4.78 is 91.6. The van der Waals surface area contributed by atoms with Crippen LogP contribution in [0.4, 0.5) is 0 Å². The van der Waals surface area contributed by atoms with Crippen molar-refractivity contribution in [3.05, 3.63) is 114 Å². The number of sulfonamides is 1. The molecular formula is C44H55K2N2O17S3. The van der Waals surface area contributed by atoms with Crippen molar-refractivity contribution in [2.24, 2.45) is 5.14 Å². The van der Waals surface area contributed by atoms with Gasteiger partial charge in [-0.15, -0.1) is 0 Å². The van der Waals surface area contributed by atoms with Gasteiger partial charge >= 0.3 is 63.3 Å². The molecule has 0 spiro atoms. The van der Waals surface area contributed by atoms with Crippen LogP contribution in [0.15, 0.2) is 102 Å². The van der Waals surface area contributed by atoms with E-state index in [-0.39, 0.29) is 126 Å². The molecule has 24 heteroatoms. The van der Waals surface area contributed by atoms with Crippen molar-refractivity contribution >= 4 is 122 Å². The fraction of sp³-hybridized carbons (Fsp3) is 0.318. The molecule has 0 aromatic heterocycles. The van der Waals surface area contributed by atoms with Crippen molar-refractivity contribution in [1.29, 1.82) is 5.26 Å². The number of carbonyl (C=O) groups is 3. The van der Waals surface area contributed by atoms with Crippen LogP contribution in [0.2, 0.25) is 0 Å². The predicted octanol–water partition coefficient (Wildman–Crippen LogP) is 1.77. The Labute approximate surface area is 484 Å². The molecular weight excluding hydrogens is 1000 g/mol. The number of hydrogen-bond acceptors (Lipinski definition) is 18. The number of nitrogens with two attached hydrogens (primary N) is 1. The van der Waals surface area contributed by atoms with E-state index in [2.05, 4.69) is 18.4 Å². The summed E-state index contributed by atoms with van der Waals surface area (Å²) in [5.74, 6) is 0.0716. The van der Waals surface area contributed by atoms with Gasteiger partial charge in [-0.25, -0.2) is 17.7 Å². The third-order valence-corrected chi connectivity index (χ3v) is 9.98.